The molecule has 0 saturated heterocycles. The number of hydrogen-bond acceptors (Lipinski definition) is 3. The summed E-state index contributed by atoms with van der Waals surface area (Å²) in [5, 5.41) is 11.9. The second-order valence-electron chi connectivity index (χ2n) is 3.23. The average molecular weight is 208 g/mol. The highest BCUT2D eigenvalue weighted by atomic mass is 32.1. The van der Waals surface area contributed by atoms with Crippen molar-refractivity contribution in [3.8, 4) is 0 Å². The molecule has 0 spiro atoms. The van der Waals surface area contributed by atoms with Crippen LogP contribution < -0.4 is 0 Å². The van der Waals surface area contributed by atoms with Crippen LogP contribution in [0, 0.1) is 6.92 Å². The highest BCUT2D eigenvalue weighted by Crippen LogP contribution is 2.24. The molecule has 0 saturated carbocycles. The van der Waals surface area contributed by atoms with E-state index >= 15 is 0 Å². The minimum atomic E-state index is -0.451. The van der Waals surface area contributed by atoms with Crippen LogP contribution in [0.4, 0.5) is 0 Å². The molecule has 0 aliphatic heterocycles. The van der Waals surface area contributed by atoms with Gasteiger partial charge in [0.2, 0.25) is 0 Å². The quantitative estimate of drug-likeness (QED) is 0.841. The van der Waals surface area contributed by atoms with Gasteiger partial charge in [-0.1, -0.05) is 6.07 Å². The number of aliphatic hydroxyl groups is 1. The van der Waals surface area contributed by atoms with Gasteiger partial charge >= 0.3 is 0 Å². The Bertz CT molecular complexity index is 389. The van der Waals surface area contributed by atoms with Gasteiger partial charge in [-0.05, 0) is 24.4 Å². The molecule has 2 heterocycles. The van der Waals surface area contributed by atoms with Crippen LogP contribution in [-0.2, 0) is 6.42 Å². The van der Waals surface area contributed by atoms with Gasteiger partial charge in [0.15, 0.2) is 0 Å². The van der Waals surface area contributed by atoms with Crippen LogP contribution in [-0.4, -0.2) is 5.11 Å². The van der Waals surface area contributed by atoms with Gasteiger partial charge in [-0.25, -0.2) is 0 Å². The lowest BCUT2D eigenvalue weighted by atomic mass is 10.1. The number of aliphatic hydroxyl groups excluding tert-OH is 1. The van der Waals surface area contributed by atoms with Crippen molar-refractivity contribution >= 4 is 11.3 Å². The second kappa shape index (κ2) is 3.98. The maximum atomic E-state index is 9.91. The van der Waals surface area contributed by atoms with Gasteiger partial charge in [-0.15, -0.1) is 11.3 Å². The highest BCUT2D eigenvalue weighted by molar-refractivity contribution is 7.09. The largest absolute Gasteiger partial charge is 0.469 e. The molecule has 0 aliphatic rings. The van der Waals surface area contributed by atoms with E-state index in [-0.39, 0.29) is 0 Å². The van der Waals surface area contributed by atoms with Gasteiger partial charge in [0.05, 0.1) is 12.4 Å². The van der Waals surface area contributed by atoms with Gasteiger partial charge in [-0.2, -0.15) is 0 Å². The zero-order valence-electron chi connectivity index (χ0n) is 7.93. The lowest BCUT2D eigenvalue weighted by Crippen LogP contribution is -2.00. The van der Waals surface area contributed by atoms with E-state index in [1.807, 2.05) is 30.5 Å². The Morgan fingerprint density at radius 1 is 1.50 bits per heavy atom. The first-order valence-electron chi connectivity index (χ1n) is 4.52. The molecule has 0 bridgehead atoms. The monoisotopic (exact) mass is 208 g/mol. The fraction of sp³-hybridized carbons (Fsp3) is 0.273. The Labute approximate surface area is 86.8 Å². The van der Waals surface area contributed by atoms with Crippen LogP contribution in [0.5, 0.6) is 0 Å². The second-order valence-corrected chi connectivity index (χ2v) is 4.26. The van der Waals surface area contributed by atoms with Crippen molar-refractivity contribution in [1.29, 1.82) is 0 Å². The first kappa shape index (κ1) is 9.49. The summed E-state index contributed by atoms with van der Waals surface area (Å²) in [6.45, 7) is 1.87. The lowest BCUT2D eigenvalue weighted by molar-refractivity contribution is 0.177. The van der Waals surface area contributed by atoms with Crippen molar-refractivity contribution in [2.45, 2.75) is 19.4 Å². The van der Waals surface area contributed by atoms with Crippen molar-refractivity contribution in [3.05, 3.63) is 46.0 Å². The van der Waals surface area contributed by atoms with Crippen molar-refractivity contribution in [2.24, 2.45) is 0 Å². The van der Waals surface area contributed by atoms with Gasteiger partial charge in [0, 0.05) is 16.9 Å². The molecule has 14 heavy (non-hydrogen) atoms. The first-order valence-corrected chi connectivity index (χ1v) is 5.40. The van der Waals surface area contributed by atoms with Crippen molar-refractivity contribution < 1.29 is 9.52 Å². The van der Waals surface area contributed by atoms with E-state index in [2.05, 4.69) is 0 Å². The minimum absolute atomic E-state index is 0.451. The predicted molar refractivity (Wildman–Crippen MR) is 56.4 cm³/mol. The van der Waals surface area contributed by atoms with E-state index in [4.69, 9.17) is 4.42 Å². The Morgan fingerprint density at radius 3 is 2.93 bits per heavy atom. The van der Waals surface area contributed by atoms with E-state index in [9.17, 15) is 5.11 Å². The summed E-state index contributed by atoms with van der Waals surface area (Å²) in [7, 11) is 0. The third-order valence-corrected chi connectivity index (χ3v) is 3.13. The minimum Gasteiger partial charge on any atom is -0.469 e. The fourth-order valence-corrected chi connectivity index (χ4v) is 2.21. The maximum absolute atomic E-state index is 9.91. The number of aryl methyl sites for hydroxylation is 1. The Hall–Kier alpha value is -1.06. The van der Waals surface area contributed by atoms with Gasteiger partial charge < -0.3 is 9.52 Å². The molecule has 0 fully saturated rings. The molecule has 0 aliphatic carbocycles. The van der Waals surface area contributed by atoms with Gasteiger partial charge in [0.1, 0.15) is 5.76 Å². The molecule has 2 nitrogen and oxygen atoms in total. The van der Waals surface area contributed by atoms with Crippen molar-refractivity contribution in [1.82, 2.24) is 0 Å². The SMILES string of the molecule is Cc1occc1C(O)Cc1cccs1. The summed E-state index contributed by atoms with van der Waals surface area (Å²) in [6, 6.07) is 5.85. The Morgan fingerprint density at radius 2 is 2.36 bits per heavy atom. The van der Waals surface area contributed by atoms with Gasteiger partial charge in [0.25, 0.3) is 0 Å². The third-order valence-electron chi connectivity index (χ3n) is 2.23. The van der Waals surface area contributed by atoms with Crippen molar-refractivity contribution in [2.75, 3.05) is 0 Å². The van der Waals surface area contributed by atoms with Crippen LogP contribution in [0.15, 0.2) is 34.3 Å². The molecule has 0 amide bonds. The molecule has 1 atom stereocenters. The Kier molecular flexibility index (Phi) is 2.70. The van der Waals surface area contributed by atoms with E-state index < -0.39 is 6.10 Å². The molecular formula is C11H12O2S. The van der Waals surface area contributed by atoms with E-state index in [1.54, 1.807) is 17.6 Å². The van der Waals surface area contributed by atoms with Crippen LogP contribution in [0.1, 0.15) is 22.3 Å². The molecule has 1 N–H and O–H groups in total. The fourth-order valence-electron chi connectivity index (χ4n) is 1.47. The Balaban J connectivity index is 2.10. The first-order chi connectivity index (χ1) is 6.77. The number of thiophene rings is 1. The maximum Gasteiger partial charge on any atom is 0.106 e. The normalized spacial score (nSPS) is 13.0. The van der Waals surface area contributed by atoms with Crippen molar-refractivity contribution in [3.63, 3.8) is 0 Å². The predicted octanol–water partition coefficient (Wildman–Crippen LogP) is 2.93. The zero-order valence-corrected chi connectivity index (χ0v) is 8.75. The number of furan rings is 1. The molecule has 74 valence electrons. The topological polar surface area (TPSA) is 33.4 Å². The molecule has 2 rings (SSSR count). The number of hydrogen-bond donors (Lipinski definition) is 1. The van der Waals surface area contributed by atoms with Crippen LogP contribution in [0.3, 0.4) is 0 Å². The number of rotatable bonds is 3. The van der Waals surface area contributed by atoms with Crippen LogP contribution in [0.2, 0.25) is 0 Å². The zero-order chi connectivity index (χ0) is 9.97. The van der Waals surface area contributed by atoms with Crippen LogP contribution >= 0.6 is 11.3 Å². The summed E-state index contributed by atoms with van der Waals surface area (Å²) in [6.07, 6.45) is 1.83. The third kappa shape index (κ3) is 1.89. The van der Waals surface area contributed by atoms with E-state index in [0.717, 1.165) is 11.3 Å². The molecular weight excluding hydrogens is 196 g/mol. The summed E-state index contributed by atoms with van der Waals surface area (Å²) in [4.78, 5) is 1.19. The van der Waals surface area contributed by atoms with E-state index in [0.29, 0.717) is 6.42 Å². The van der Waals surface area contributed by atoms with Crippen LogP contribution in [0.25, 0.3) is 0 Å². The summed E-state index contributed by atoms with van der Waals surface area (Å²) < 4.78 is 5.15. The smallest absolute Gasteiger partial charge is 0.106 e. The van der Waals surface area contributed by atoms with E-state index in [1.165, 1.54) is 4.88 Å². The molecule has 1 unspecified atom stereocenters. The summed E-state index contributed by atoms with van der Waals surface area (Å²) in [5.74, 6) is 0.800. The molecule has 2 aromatic rings. The molecule has 0 radical (unpaired) electrons. The lowest BCUT2D eigenvalue weighted by Gasteiger charge is -2.07. The average Bonchev–Trinajstić information content (AvgIpc) is 2.75. The molecule has 3 heteroatoms. The standard InChI is InChI=1S/C11H12O2S/c1-8-10(4-5-13-8)11(12)7-9-3-2-6-14-9/h2-6,11-12H,7H2,1H3. The van der Waals surface area contributed by atoms with Gasteiger partial charge in [-0.3, -0.25) is 0 Å². The summed E-state index contributed by atoms with van der Waals surface area (Å²) >= 11 is 1.66. The molecule has 2 aromatic heterocycles. The summed E-state index contributed by atoms with van der Waals surface area (Å²) in [5.41, 5.74) is 0.887. The highest BCUT2D eigenvalue weighted by Gasteiger charge is 2.13. The molecule has 0 aromatic carbocycles.